The molecule has 1 aliphatic carbocycles. The van der Waals surface area contributed by atoms with Crippen LogP contribution in [0.2, 0.25) is 0 Å². The lowest BCUT2D eigenvalue weighted by molar-refractivity contribution is -0.146. The van der Waals surface area contributed by atoms with Gasteiger partial charge in [-0.25, -0.2) is 0 Å². The second-order valence-electron chi connectivity index (χ2n) is 8.14. The van der Waals surface area contributed by atoms with Crippen molar-refractivity contribution >= 4 is 42.4 Å². The van der Waals surface area contributed by atoms with Crippen LogP contribution in [-0.4, -0.2) is 38.1 Å². The molecule has 0 radical (unpaired) electrons. The van der Waals surface area contributed by atoms with Crippen LogP contribution in [0.3, 0.4) is 0 Å². The zero-order chi connectivity index (χ0) is 19.9. The molecule has 3 rings (SSSR count). The minimum Gasteiger partial charge on any atom is -0.469 e. The van der Waals surface area contributed by atoms with Gasteiger partial charge < -0.3 is 20.7 Å². The molecule has 8 heteroatoms. The molecule has 1 amide bonds. The average molecular weight is 460 g/mol. The molecule has 0 bridgehead atoms. The van der Waals surface area contributed by atoms with Gasteiger partial charge in [0, 0.05) is 37.8 Å². The van der Waals surface area contributed by atoms with E-state index in [9.17, 15) is 9.59 Å². The molecule has 1 saturated heterocycles. The lowest BCUT2D eigenvalue weighted by atomic mass is 9.85. The van der Waals surface area contributed by atoms with Crippen molar-refractivity contribution in [3.63, 3.8) is 0 Å². The third-order valence-electron chi connectivity index (χ3n) is 6.25. The standard InChI is InChI=1S/C22H33N3O3.2ClH/c1-28-22(27)18-4-6-19(7-5-18)24-21(26)14-16-10-12-25(13-11-16)20-8-2-17(15-23)3-9-20;;/h2-3,8-9,16,18-19H,4-7,10-15,23H2,1H3,(H,24,26);2*1H. The SMILES string of the molecule is COC(=O)C1CCC(NC(=O)CC2CCN(c3ccc(CN)cc3)CC2)CC1.Cl.Cl. The van der Waals surface area contributed by atoms with Crippen molar-refractivity contribution in [2.75, 3.05) is 25.1 Å². The summed E-state index contributed by atoms with van der Waals surface area (Å²) in [5, 5.41) is 3.18. The van der Waals surface area contributed by atoms with Crippen LogP contribution in [0.4, 0.5) is 5.69 Å². The fourth-order valence-corrected chi connectivity index (χ4v) is 4.43. The first-order chi connectivity index (χ1) is 13.6. The highest BCUT2D eigenvalue weighted by Gasteiger charge is 2.28. The maximum atomic E-state index is 12.4. The van der Waals surface area contributed by atoms with E-state index in [1.54, 1.807) is 0 Å². The normalized spacial score (nSPS) is 21.7. The van der Waals surface area contributed by atoms with Gasteiger partial charge in [-0.15, -0.1) is 24.8 Å². The van der Waals surface area contributed by atoms with E-state index < -0.39 is 0 Å². The number of carbonyl (C=O) groups is 2. The first-order valence-corrected chi connectivity index (χ1v) is 10.5. The highest BCUT2D eigenvalue weighted by molar-refractivity contribution is 5.85. The van der Waals surface area contributed by atoms with E-state index in [0.29, 0.717) is 18.9 Å². The van der Waals surface area contributed by atoms with Crippen molar-refractivity contribution in [1.29, 1.82) is 0 Å². The first-order valence-electron chi connectivity index (χ1n) is 10.5. The van der Waals surface area contributed by atoms with Crippen molar-refractivity contribution in [1.82, 2.24) is 5.32 Å². The van der Waals surface area contributed by atoms with Crippen LogP contribution < -0.4 is 16.0 Å². The number of esters is 1. The number of halogens is 2. The summed E-state index contributed by atoms with van der Waals surface area (Å²) in [6.45, 7) is 2.55. The third kappa shape index (κ3) is 7.33. The number of nitrogens with zero attached hydrogens (tertiary/aromatic N) is 1. The Balaban J connectivity index is 0.00000225. The molecule has 2 aliphatic rings. The molecule has 2 fully saturated rings. The van der Waals surface area contributed by atoms with Gasteiger partial charge in [-0.3, -0.25) is 9.59 Å². The lowest BCUT2D eigenvalue weighted by Crippen LogP contribution is -2.41. The Morgan fingerprint density at radius 1 is 1.03 bits per heavy atom. The van der Waals surface area contributed by atoms with Crippen molar-refractivity contribution in [3.05, 3.63) is 29.8 Å². The van der Waals surface area contributed by atoms with Crippen molar-refractivity contribution in [2.45, 2.75) is 57.5 Å². The molecule has 170 valence electrons. The van der Waals surface area contributed by atoms with Crippen LogP contribution in [0.5, 0.6) is 0 Å². The van der Waals surface area contributed by atoms with Crippen LogP contribution in [0.1, 0.15) is 50.5 Å². The Morgan fingerprint density at radius 3 is 2.17 bits per heavy atom. The van der Waals surface area contributed by atoms with E-state index in [-0.39, 0.29) is 48.7 Å². The molecule has 1 aromatic rings. The Labute approximate surface area is 192 Å². The summed E-state index contributed by atoms with van der Waals surface area (Å²) >= 11 is 0. The molecular formula is C22H35Cl2N3O3. The molecule has 0 aromatic heterocycles. The van der Waals surface area contributed by atoms with Crippen molar-refractivity contribution < 1.29 is 14.3 Å². The number of piperidine rings is 1. The monoisotopic (exact) mass is 459 g/mol. The topological polar surface area (TPSA) is 84.7 Å². The number of rotatable bonds is 6. The van der Waals surface area contributed by atoms with E-state index >= 15 is 0 Å². The number of ether oxygens (including phenoxy) is 1. The number of hydrogen-bond acceptors (Lipinski definition) is 5. The predicted octanol–water partition coefficient (Wildman–Crippen LogP) is 3.44. The molecule has 0 atom stereocenters. The minimum absolute atomic E-state index is 0. The minimum atomic E-state index is -0.116. The Morgan fingerprint density at radius 2 is 1.63 bits per heavy atom. The van der Waals surface area contributed by atoms with E-state index in [1.165, 1.54) is 12.8 Å². The van der Waals surface area contributed by atoms with Gasteiger partial charge in [0.15, 0.2) is 0 Å². The fourth-order valence-electron chi connectivity index (χ4n) is 4.43. The van der Waals surface area contributed by atoms with Crippen molar-refractivity contribution in [3.8, 4) is 0 Å². The van der Waals surface area contributed by atoms with Crippen LogP contribution in [-0.2, 0) is 20.9 Å². The zero-order valence-corrected chi connectivity index (χ0v) is 19.3. The molecule has 3 N–H and O–H groups in total. The summed E-state index contributed by atoms with van der Waals surface area (Å²) in [5.41, 5.74) is 8.05. The molecule has 1 aromatic carbocycles. The molecule has 0 spiro atoms. The van der Waals surface area contributed by atoms with Gasteiger partial charge >= 0.3 is 5.97 Å². The summed E-state index contributed by atoms with van der Waals surface area (Å²) in [6, 6.07) is 8.66. The number of amides is 1. The zero-order valence-electron chi connectivity index (χ0n) is 17.7. The van der Waals surface area contributed by atoms with E-state index in [4.69, 9.17) is 10.5 Å². The second-order valence-corrected chi connectivity index (χ2v) is 8.14. The van der Waals surface area contributed by atoms with Gasteiger partial charge in [-0.05, 0) is 62.1 Å². The highest BCUT2D eigenvalue weighted by Crippen LogP contribution is 2.27. The van der Waals surface area contributed by atoms with Gasteiger partial charge in [0.2, 0.25) is 5.91 Å². The molecule has 1 heterocycles. The number of nitrogens with one attached hydrogen (secondary N) is 1. The third-order valence-corrected chi connectivity index (χ3v) is 6.25. The Bertz CT molecular complexity index is 656. The summed E-state index contributed by atoms with van der Waals surface area (Å²) in [4.78, 5) is 26.4. The maximum Gasteiger partial charge on any atom is 0.308 e. The molecule has 6 nitrogen and oxygen atoms in total. The molecule has 1 saturated carbocycles. The summed E-state index contributed by atoms with van der Waals surface area (Å²) in [5.74, 6) is 0.494. The summed E-state index contributed by atoms with van der Waals surface area (Å²) in [7, 11) is 1.44. The Hall–Kier alpha value is -1.50. The number of hydrogen-bond donors (Lipinski definition) is 2. The second kappa shape index (κ2) is 13.0. The smallest absolute Gasteiger partial charge is 0.308 e. The van der Waals surface area contributed by atoms with Gasteiger partial charge in [0.05, 0.1) is 13.0 Å². The molecule has 30 heavy (non-hydrogen) atoms. The van der Waals surface area contributed by atoms with Gasteiger partial charge in [-0.1, -0.05) is 12.1 Å². The molecular weight excluding hydrogens is 425 g/mol. The predicted molar refractivity (Wildman–Crippen MR) is 124 cm³/mol. The van der Waals surface area contributed by atoms with Crippen LogP contribution in [0.15, 0.2) is 24.3 Å². The fraction of sp³-hybridized carbons (Fsp3) is 0.636. The van der Waals surface area contributed by atoms with Gasteiger partial charge in [-0.2, -0.15) is 0 Å². The number of anilines is 1. The average Bonchev–Trinajstić information content (AvgIpc) is 2.74. The number of nitrogens with two attached hydrogens (primary N) is 1. The van der Waals surface area contributed by atoms with Gasteiger partial charge in [0.25, 0.3) is 0 Å². The van der Waals surface area contributed by atoms with E-state index in [0.717, 1.165) is 57.2 Å². The molecule has 1 aliphatic heterocycles. The summed E-state index contributed by atoms with van der Waals surface area (Å²) in [6.07, 6.45) is 6.03. The quantitative estimate of drug-likeness (QED) is 0.636. The maximum absolute atomic E-state index is 12.4. The van der Waals surface area contributed by atoms with Crippen LogP contribution in [0, 0.1) is 11.8 Å². The highest BCUT2D eigenvalue weighted by atomic mass is 35.5. The van der Waals surface area contributed by atoms with Crippen LogP contribution >= 0.6 is 24.8 Å². The number of carbonyl (C=O) groups excluding carboxylic acids is 2. The first kappa shape index (κ1) is 26.5. The largest absolute Gasteiger partial charge is 0.469 e. The number of methoxy groups -OCH3 is 1. The number of benzene rings is 1. The van der Waals surface area contributed by atoms with Gasteiger partial charge in [0.1, 0.15) is 0 Å². The van der Waals surface area contributed by atoms with Crippen molar-refractivity contribution in [2.24, 2.45) is 17.6 Å². The lowest BCUT2D eigenvalue weighted by Gasteiger charge is -2.34. The van der Waals surface area contributed by atoms with E-state index in [2.05, 4.69) is 34.5 Å². The molecule has 0 unspecified atom stereocenters. The van der Waals surface area contributed by atoms with E-state index in [1.807, 2.05) is 0 Å². The Kier molecular flexibility index (Phi) is 11.5. The summed E-state index contributed by atoms with van der Waals surface area (Å²) < 4.78 is 4.82. The van der Waals surface area contributed by atoms with Crippen LogP contribution in [0.25, 0.3) is 0 Å².